The molecule has 0 bridgehead atoms. The SMILES string of the molecule is CC1(C)C2=C(Cl)C(=O)C(Cl)=CC2=Nc2ccc(OP(=O)(O)OP(=O)(O)OP(=O)(O)OP(=O)(O)OC[C@H]3OC(N4CNc5c4nc(N)[nH]c5=O)CC3O)cc21. The summed E-state index contributed by atoms with van der Waals surface area (Å²) in [6.45, 7) is 2.36. The summed E-state index contributed by atoms with van der Waals surface area (Å²) in [6, 6.07) is 3.64. The second kappa shape index (κ2) is 14.3. The van der Waals surface area contributed by atoms with E-state index in [4.69, 9.17) is 38.2 Å². The highest BCUT2D eigenvalue weighted by Gasteiger charge is 2.48. The number of ketones is 1. The van der Waals surface area contributed by atoms with Crippen molar-refractivity contribution >= 4 is 89.1 Å². The molecule has 4 aliphatic rings. The maximum Gasteiger partial charge on any atom is 0.536 e. The first-order valence-corrected chi connectivity index (χ1v) is 21.7. The minimum absolute atomic E-state index is 0.00784. The van der Waals surface area contributed by atoms with Gasteiger partial charge in [-0.25, -0.2) is 23.3 Å². The number of aliphatic imine (C=N–C) groups is 1. The molecule has 0 spiro atoms. The molecule has 0 radical (unpaired) electrons. The maximum absolute atomic E-state index is 12.7. The lowest BCUT2D eigenvalue weighted by Gasteiger charge is -2.36. The first-order chi connectivity index (χ1) is 24.9. The van der Waals surface area contributed by atoms with E-state index in [-0.39, 0.29) is 46.2 Å². The number of fused-ring (bicyclic) bond motifs is 3. The van der Waals surface area contributed by atoms with Gasteiger partial charge in [0, 0.05) is 17.4 Å². The van der Waals surface area contributed by atoms with Gasteiger partial charge in [-0.15, -0.1) is 0 Å². The third-order valence-electron chi connectivity index (χ3n) is 8.07. The number of ether oxygens (including phenoxy) is 1. The zero-order valence-electron chi connectivity index (χ0n) is 27.3. The number of halogens is 2. The number of hydrogen-bond acceptors (Lipinski definition) is 18. The number of Topliss-reactive ketones (excluding diaryl/α,β-unsaturated/α-hetero) is 1. The number of hydrogen-bond donors (Lipinski definition) is 8. The molecule has 29 heteroatoms. The van der Waals surface area contributed by atoms with Gasteiger partial charge < -0.3 is 45.0 Å². The lowest BCUT2D eigenvalue weighted by molar-refractivity contribution is -0.111. The number of aliphatic hydroxyl groups excluding tert-OH is 1. The number of phosphoric acid groups is 4. The summed E-state index contributed by atoms with van der Waals surface area (Å²) in [5.41, 5.74) is 5.24. The fourth-order valence-corrected chi connectivity index (χ4v) is 11.5. The maximum atomic E-state index is 12.7. The van der Waals surface area contributed by atoms with Crippen LogP contribution in [0.1, 0.15) is 25.8 Å². The van der Waals surface area contributed by atoms with Crippen molar-refractivity contribution in [3.8, 4) is 5.75 Å². The van der Waals surface area contributed by atoms with E-state index in [0.29, 0.717) is 17.0 Å². The van der Waals surface area contributed by atoms with E-state index in [0.717, 1.165) is 6.07 Å². The summed E-state index contributed by atoms with van der Waals surface area (Å²) in [7, 11) is -23.7. The van der Waals surface area contributed by atoms with Gasteiger partial charge in [0.2, 0.25) is 11.7 Å². The molecule has 0 saturated carbocycles. The number of H-pyrrole nitrogens is 1. The minimum atomic E-state index is -6.13. The van der Waals surface area contributed by atoms with Crippen molar-refractivity contribution in [2.75, 3.05) is 29.2 Å². The molecule has 1 aromatic carbocycles. The quantitative estimate of drug-likeness (QED) is 0.112. The highest BCUT2D eigenvalue weighted by molar-refractivity contribution is 7.69. The topological polar surface area (TPSA) is 341 Å². The molecular weight excluding hydrogens is 851 g/mol. The predicted molar refractivity (Wildman–Crippen MR) is 187 cm³/mol. The Bertz CT molecular complexity index is 2300. The summed E-state index contributed by atoms with van der Waals surface area (Å²) >= 11 is 12.3. The molecule has 9 N–H and O–H groups in total. The Morgan fingerprint density at radius 2 is 1.69 bits per heavy atom. The number of nitrogens with one attached hydrogen (secondary N) is 2. The van der Waals surface area contributed by atoms with E-state index in [1.54, 1.807) is 13.8 Å². The summed E-state index contributed by atoms with van der Waals surface area (Å²) < 4.78 is 77.3. The number of phosphoric ester groups is 2. The number of nitrogen functional groups attached to an aromatic ring is 1. The summed E-state index contributed by atoms with van der Waals surface area (Å²) in [5.74, 6) is -1.20. The molecule has 3 aliphatic heterocycles. The first-order valence-electron chi connectivity index (χ1n) is 15.0. The number of nitrogens with zero attached hydrogens (tertiary/aromatic N) is 3. The largest absolute Gasteiger partial charge is 0.536 e. The summed E-state index contributed by atoms with van der Waals surface area (Å²) in [5, 5.41) is 12.8. The normalized spacial score (nSPS) is 26.2. The van der Waals surface area contributed by atoms with Gasteiger partial charge in [-0.1, -0.05) is 37.0 Å². The number of nitrogens with two attached hydrogens (primary N) is 1. The van der Waals surface area contributed by atoms with Crippen molar-refractivity contribution in [2.45, 2.75) is 44.1 Å². The van der Waals surface area contributed by atoms with Crippen LogP contribution in [-0.4, -0.2) is 77.9 Å². The third kappa shape index (κ3) is 8.47. The molecule has 1 saturated heterocycles. The number of rotatable bonds is 12. The molecule has 7 atom stereocenters. The lowest BCUT2D eigenvalue weighted by Crippen LogP contribution is -2.36. The molecule has 2 aromatic rings. The van der Waals surface area contributed by atoms with Gasteiger partial charge in [-0.05, 0) is 29.8 Å². The van der Waals surface area contributed by atoms with E-state index in [1.807, 2.05) is 0 Å². The van der Waals surface area contributed by atoms with Gasteiger partial charge in [0.1, 0.15) is 23.8 Å². The Balaban J connectivity index is 1.06. The van der Waals surface area contributed by atoms with E-state index < -0.39 is 78.8 Å². The van der Waals surface area contributed by atoms with Crippen molar-refractivity contribution in [3.63, 3.8) is 0 Å². The van der Waals surface area contributed by atoms with Crippen LogP contribution in [0.5, 0.6) is 5.75 Å². The van der Waals surface area contributed by atoms with Crippen LogP contribution in [0.25, 0.3) is 0 Å². The molecule has 4 heterocycles. The van der Waals surface area contributed by atoms with Crippen molar-refractivity contribution in [1.82, 2.24) is 9.97 Å². The number of aromatic nitrogens is 2. The van der Waals surface area contributed by atoms with Crippen molar-refractivity contribution < 1.29 is 74.5 Å². The zero-order chi connectivity index (χ0) is 39.8. The number of aliphatic hydroxyl groups is 1. The molecule has 6 rings (SSSR count). The molecular formula is C25H28Cl2N6O17P4. The Kier molecular flexibility index (Phi) is 10.8. The van der Waals surface area contributed by atoms with Crippen LogP contribution in [0, 0.1) is 0 Å². The minimum Gasteiger partial charge on any atom is -0.404 e. The number of anilines is 3. The Hall–Kier alpha value is -2.78. The number of allylic oxidation sites excluding steroid dienone is 4. The fourth-order valence-electron chi connectivity index (χ4n) is 5.85. The second-order valence-corrected chi connectivity index (χ2v) is 19.1. The Morgan fingerprint density at radius 1 is 1.04 bits per heavy atom. The molecule has 54 heavy (non-hydrogen) atoms. The van der Waals surface area contributed by atoms with Crippen LogP contribution >= 0.6 is 54.5 Å². The van der Waals surface area contributed by atoms with E-state index in [9.17, 15) is 52.5 Å². The monoisotopic (exact) mass is 878 g/mol. The summed E-state index contributed by atoms with van der Waals surface area (Å²) in [4.78, 5) is 76.9. The van der Waals surface area contributed by atoms with Gasteiger partial charge in [-0.3, -0.25) is 24.0 Å². The van der Waals surface area contributed by atoms with Crippen LogP contribution in [-0.2, 0) is 50.7 Å². The number of carbonyl (C=O) groups is 1. The lowest BCUT2D eigenvalue weighted by atomic mass is 9.71. The van der Waals surface area contributed by atoms with Crippen molar-refractivity contribution in [3.05, 3.63) is 55.8 Å². The van der Waals surface area contributed by atoms with E-state index >= 15 is 0 Å². The average Bonchev–Trinajstić information content (AvgIpc) is 3.60. The molecule has 1 fully saturated rings. The van der Waals surface area contributed by atoms with Crippen LogP contribution in [0.15, 0.2) is 49.7 Å². The first kappa shape index (κ1) is 40.9. The molecule has 23 nitrogen and oxygen atoms in total. The molecule has 294 valence electrons. The van der Waals surface area contributed by atoms with Crippen molar-refractivity contribution in [2.24, 2.45) is 4.99 Å². The smallest absolute Gasteiger partial charge is 0.404 e. The molecule has 1 aliphatic carbocycles. The number of aromatic amines is 1. The van der Waals surface area contributed by atoms with Crippen LogP contribution in [0.2, 0.25) is 0 Å². The van der Waals surface area contributed by atoms with Crippen molar-refractivity contribution in [1.29, 1.82) is 0 Å². The fraction of sp³-hybridized carbons (Fsp3) is 0.360. The van der Waals surface area contributed by atoms with Crippen LogP contribution in [0.4, 0.5) is 23.1 Å². The third-order valence-corrected chi connectivity index (χ3v) is 14.6. The zero-order valence-corrected chi connectivity index (χ0v) is 32.4. The van der Waals surface area contributed by atoms with Crippen LogP contribution < -0.4 is 26.0 Å². The van der Waals surface area contributed by atoms with Gasteiger partial charge in [0.15, 0.2) is 5.82 Å². The standard InChI is InChI=1S/C25H28Cl2N6O17P4/c1-25(2)11-5-10(3-4-13(11)30-14-6-12(26)21(35)19(27)18(14)25)47-52(39,40)49-54(43,44)50-53(41,42)48-51(37,38)45-8-16-15(34)7-17(46-16)33-9-29-20-22(33)31-24(28)32-23(20)36/h3-6,15-17,29,34H,7-9H2,1-2H3,(H,37,38)(H,39,40)(H,41,42)(H,43,44)(H3,28,31,32,36)/t15?,16-,17?/m1/s1. The van der Waals surface area contributed by atoms with Gasteiger partial charge in [-0.2, -0.15) is 17.9 Å². The molecule has 1 aromatic heterocycles. The number of benzene rings is 1. The van der Waals surface area contributed by atoms with Gasteiger partial charge in [0.25, 0.3) is 5.56 Å². The highest BCUT2D eigenvalue weighted by atomic mass is 35.5. The second-order valence-electron chi connectivity index (χ2n) is 12.2. The molecule has 6 unspecified atom stereocenters. The van der Waals surface area contributed by atoms with Gasteiger partial charge >= 0.3 is 31.3 Å². The molecule has 0 amide bonds. The number of carbonyl (C=O) groups excluding carboxylic acids is 1. The van der Waals surface area contributed by atoms with E-state index in [2.05, 4.69) is 37.7 Å². The van der Waals surface area contributed by atoms with E-state index in [1.165, 1.54) is 23.1 Å². The Morgan fingerprint density at radius 3 is 2.37 bits per heavy atom. The predicted octanol–water partition coefficient (Wildman–Crippen LogP) is 3.13. The highest BCUT2D eigenvalue weighted by Crippen LogP contribution is 2.71. The van der Waals surface area contributed by atoms with Crippen LogP contribution in [0.3, 0.4) is 0 Å². The van der Waals surface area contributed by atoms with Gasteiger partial charge in [0.05, 0.1) is 40.8 Å². The Labute approximate surface area is 312 Å². The average molecular weight is 879 g/mol. The summed E-state index contributed by atoms with van der Waals surface area (Å²) in [6.07, 6.45) is -2.47.